The Kier molecular flexibility index (Phi) is 4.46. The van der Waals surface area contributed by atoms with E-state index < -0.39 is 5.54 Å². The van der Waals surface area contributed by atoms with Crippen LogP contribution in [0.3, 0.4) is 0 Å². The minimum Gasteiger partial charge on any atom is -0.496 e. The quantitative estimate of drug-likeness (QED) is 0.634. The molecule has 1 heterocycles. The number of methoxy groups -OCH3 is 1. The average molecular weight is 302 g/mol. The molecule has 0 radical (unpaired) electrons. The largest absolute Gasteiger partial charge is 0.496 e. The Balaban J connectivity index is 2.02. The van der Waals surface area contributed by atoms with Crippen LogP contribution in [0.4, 0.5) is 5.69 Å². The Hall–Kier alpha value is -1.84. The third kappa shape index (κ3) is 2.74. The Morgan fingerprint density at radius 3 is 2.64 bits per heavy atom. The van der Waals surface area contributed by atoms with E-state index in [9.17, 15) is 4.79 Å². The molecule has 3 rings (SSSR count). The molecular formula is C17H22N2O3. The minimum absolute atomic E-state index is 0.463. The molecule has 1 aliphatic heterocycles. The van der Waals surface area contributed by atoms with Gasteiger partial charge in [-0.3, -0.25) is 0 Å². The Morgan fingerprint density at radius 1 is 1.27 bits per heavy atom. The topological polar surface area (TPSA) is 51.1 Å². The minimum atomic E-state index is -0.463. The number of rotatable bonds is 4. The summed E-state index contributed by atoms with van der Waals surface area (Å²) < 4.78 is 11.0. The molecule has 1 aromatic rings. The molecule has 1 saturated carbocycles. The molecule has 1 saturated heterocycles. The summed E-state index contributed by atoms with van der Waals surface area (Å²) in [4.78, 5) is 17.5. The summed E-state index contributed by atoms with van der Waals surface area (Å²) in [7, 11) is 1.67. The molecule has 0 unspecified atom stereocenters. The molecule has 5 heteroatoms. The van der Waals surface area contributed by atoms with Gasteiger partial charge >= 0.3 is 0 Å². The van der Waals surface area contributed by atoms with Gasteiger partial charge in [0.2, 0.25) is 6.08 Å². The molecule has 0 bridgehead atoms. The lowest BCUT2D eigenvalue weighted by Crippen LogP contribution is -2.36. The van der Waals surface area contributed by atoms with Gasteiger partial charge in [0.1, 0.15) is 11.3 Å². The van der Waals surface area contributed by atoms with Gasteiger partial charge in [-0.25, -0.2) is 4.79 Å². The van der Waals surface area contributed by atoms with Gasteiger partial charge in [0.25, 0.3) is 0 Å². The van der Waals surface area contributed by atoms with Crippen LogP contribution in [-0.2, 0) is 15.1 Å². The van der Waals surface area contributed by atoms with Crippen molar-refractivity contribution in [2.24, 2.45) is 4.99 Å². The molecule has 0 spiro atoms. The van der Waals surface area contributed by atoms with E-state index in [2.05, 4.69) is 22.0 Å². The van der Waals surface area contributed by atoms with Gasteiger partial charge in [0.15, 0.2) is 0 Å². The molecule has 22 heavy (non-hydrogen) atoms. The van der Waals surface area contributed by atoms with Crippen LogP contribution in [0.25, 0.3) is 0 Å². The lowest BCUT2D eigenvalue weighted by Gasteiger charge is -2.31. The van der Waals surface area contributed by atoms with E-state index in [-0.39, 0.29) is 0 Å². The first-order valence-corrected chi connectivity index (χ1v) is 7.89. The van der Waals surface area contributed by atoms with Gasteiger partial charge in [0.05, 0.1) is 20.3 Å². The zero-order valence-electron chi connectivity index (χ0n) is 13.0. The van der Waals surface area contributed by atoms with Crippen molar-refractivity contribution in [3.63, 3.8) is 0 Å². The molecule has 2 aliphatic rings. The molecule has 0 amide bonds. The lowest BCUT2D eigenvalue weighted by atomic mass is 9.87. The number of ether oxygens (including phenoxy) is 2. The van der Waals surface area contributed by atoms with E-state index >= 15 is 0 Å². The maximum absolute atomic E-state index is 11.0. The van der Waals surface area contributed by atoms with Crippen molar-refractivity contribution in [3.05, 3.63) is 23.8 Å². The van der Waals surface area contributed by atoms with Crippen LogP contribution in [-0.4, -0.2) is 39.5 Å². The van der Waals surface area contributed by atoms with E-state index in [1.165, 1.54) is 0 Å². The second-order valence-electron chi connectivity index (χ2n) is 5.93. The fourth-order valence-electron chi connectivity index (χ4n) is 3.57. The van der Waals surface area contributed by atoms with Gasteiger partial charge in [-0.2, -0.15) is 4.99 Å². The van der Waals surface area contributed by atoms with E-state index in [1.807, 2.05) is 6.07 Å². The monoisotopic (exact) mass is 302 g/mol. The van der Waals surface area contributed by atoms with E-state index in [0.29, 0.717) is 0 Å². The molecule has 118 valence electrons. The molecule has 0 atom stereocenters. The third-order valence-corrected chi connectivity index (χ3v) is 4.75. The number of morpholine rings is 1. The van der Waals surface area contributed by atoms with Crippen molar-refractivity contribution >= 4 is 11.8 Å². The number of anilines is 1. The maximum Gasteiger partial charge on any atom is 0.235 e. The van der Waals surface area contributed by atoms with Gasteiger partial charge in [-0.1, -0.05) is 12.8 Å². The van der Waals surface area contributed by atoms with E-state index in [0.717, 1.165) is 69.0 Å². The predicted molar refractivity (Wildman–Crippen MR) is 84.3 cm³/mol. The summed E-state index contributed by atoms with van der Waals surface area (Å²) in [6.07, 6.45) is 5.70. The van der Waals surface area contributed by atoms with E-state index in [4.69, 9.17) is 9.47 Å². The van der Waals surface area contributed by atoms with Gasteiger partial charge in [-0.05, 0) is 31.0 Å². The van der Waals surface area contributed by atoms with Crippen molar-refractivity contribution < 1.29 is 14.3 Å². The smallest absolute Gasteiger partial charge is 0.235 e. The normalized spacial score (nSPS) is 20.5. The Bertz CT molecular complexity index is 569. The van der Waals surface area contributed by atoms with Crippen molar-refractivity contribution in [2.45, 2.75) is 31.2 Å². The summed E-state index contributed by atoms with van der Waals surface area (Å²) in [6.45, 7) is 3.27. The molecule has 0 N–H and O–H groups in total. The van der Waals surface area contributed by atoms with Crippen LogP contribution < -0.4 is 9.64 Å². The summed E-state index contributed by atoms with van der Waals surface area (Å²) in [5.41, 5.74) is 1.70. The molecule has 1 aromatic carbocycles. The zero-order valence-corrected chi connectivity index (χ0v) is 13.0. The molecular weight excluding hydrogens is 280 g/mol. The highest BCUT2D eigenvalue weighted by Crippen LogP contribution is 2.46. The first-order valence-electron chi connectivity index (χ1n) is 7.89. The second kappa shape index (κ2) is 6.51. The standard InChI is InChI=1S/C17H22N2O3/c1-21-16-5-4-14(19-8-10-22-11-9-19)12-15(16)17(18-13-20)6-2-3-7-17/h4-5,12H,2-3,6-11H2,1H3. The highest BCUT2D eigenvalue weighted by molar-refractivity contribution is 5.56. The van der Waals surface area contributed by atoms with Crippen LogP contribution in [0.15, 0.2) is 23.2 Å². The van der Waals surface area contributed by atoms with Gasteiger partial charge in [0, 0.05) is 24.3 Å². The highest BCUT2D eigenvalue weighted by Gasteiger charge is 2.38. The fraction of sp³-hybridized carbons (Fsp3) is 0.588. The predicted octanol–water partition coefficient (Wildman–Crippen LogP) is 2.64. The van der Waals surface area contributed by atoms with Gasteiger partial charge in [-0.15, -0.1) is 0 Å². The van der Waals surface area contributed by atoms with E-state index in [1.54, 1.807) is 13.2 Å². The van der Waals surface area contributed by atoms with Crippen LogP contribution in [0.1, 0.15) is 31.2 Å². The maximum atomic E-state index is 11.0. The zero-order chi connectivity index (χ0) is 15.4. The summed E-state index contributed by atoms with van der Waals surface area (Å²) in [6, 6.07) is 6.19. The van der Waals surface area contributed by atoms with Gasteiger partial charge < -0.3 is 14.4 Å². The number of benzene rings is 1. The van der Waals surface area contributed by atoms with Crippen molar-refractivity contribution in [2.75, 3.05) is 38.3 Å². The molecule has 0 aromatic heterocycles. The number of nitrogens with zero attached hydrogens (tertiary/aromatic N) is 2. The summed E-state index contributed by atoms with van der Waals surface area (Å²) in [5, 5.41) is 0. The number of aliphatic imine (C=N–C) groups is 1. The molecule has 1 aliphatic carbocycles. The highest BCUT2D eigenvalue weighted by atomic mass is 16.5. The van der Waals surface area contributed by atoms with Crippen molar-refractivity contribution in [1.29, 1.82) is 0 Å². The number of hydrogen-bond acceptors (Lipinski definition) is 5. The number of isocyanates is 1. The van der Waals surface area contributed by atoms with Crippen LogP contribution in [0.5, 0.6) is 5.75 Å². The summed E-state index contributed by atoms with van der Waals surface area (Å²) in [5.74, 6) is 0.804. The molecule has 5 nitrogen and oxygen atoms in total. The number of hydrogen-bond donors (Lipinski definition) is 0. The third-order valence-electron chi connectivity index (χ3n) is 4.75. The summed E-state index contributed by atoms with van der Waals surface area (Å²) >= 11 is 0. The average Bonchev–Trinajstić information content (AvgIpc) is 3.05. The Morgan fingerprint density at radius 2 is 2.00 bits per heavy atom. The lowest BCUT2D eigenvalue weighted by molar-refractivity contribution is 0.122. The van der Waals surface area contributed by atoms with Crippen LogP contribution in [0.2, 0.25) is 0 Å². The van der Waals surface area contributed by atoms with Crippen molar-refractivity contribution in [1.82, 2.24) is 0 Å². The first kappa shape index (κ1) is 15.1. The van der Waals surface area contributed by atoms with Crippen molar-refractivity contribution in [3.8, 4) is 5.75 Å². The van der Waals surface area contributed by atoms with Crippen LogP contribution in [0, 0.1) is 0 Å². The fourth-order valence-corrected chi connectivity index (χ4v) is 3.57. The molecule has 2 fully saturated rings. The number of carbonyl (C=O) groups excluding carboxylic acids is 1. The van der Waals surface area contributed by atoms with Crippen LogP contribution >= 0.6 is 0 Å². The Labute approximate surface area is 130 Å². The SMILES string of the molecule is COc1ccc(N2CCOCC2)cc1C1(N=C=O)CCCC1. The first-order chi connectivity index (χ1) is 10.8. The second-order valence-corrected chi connectivity index (χ2v) is 5.93.